The van der Waals surface area contributed by atoms with Crippen LogP contribution >= 0.6 is 31.9 Å². The topological polar surface area (TPSA) is 49.8 Å². The molecule has 0 aliphatic heterocycles. The lowest BCUT2D eigenvalue weighted by atomic mass is 10.3. The molecule has 0 radical (unpaired) electrons. The largest absolute Gasteiger partial charge is 0.354 e. The van der Waals surface area contributed by atoms with Crippen LogP contribution in [0.1, 0.15) is 12.5 Å². The van der Waals surface area contributed by atoms with E-state index in [9.17, 15) is 0 Å². The van der Waals surface area contributed by atoms with Crippen LogP contribution in [0.5, 0.6) is 0 Å². The molecule has 0 aliphatic carbocycles. The fourth-order valence-electron chi connectivity index (χ4n) is 1.55. The molecule has 2 aromatic rings. The molecular formula is C13H14Br2N4. The fourth-order valence-corrected chi connectivity index (χ4v) is 2.74. The van der Waals surface area contributed by atoms with Crippen molar-refractivity contribution < 1.29 is 0 Å². The average molecular weight is 386 g/mol. The van der Waals surface area contributed by atoms with E-state index in [-0.39, 0.29) is 0 Å². The summed E-state index contributed by atoms with van der Waals surface area (Å²) in [6.45, 7) is 4.78. The Morgan fingerprint density at radius 2 is 1.89 bits per heavy atom. The van der Waals surface area contributed by atoms with E-state index in [2.05, 4.69) is 52.5 Å². The number of benzene rings is 1. The zero-order valence-electron chi connectivity index (χ0n) is 10.7. The fraction of sp³-hybridized carbons (Fsp3) is 0.231. The van der Waals surface area contributed by atoms with Gasteiger partial charge >= 0.3 is 0 Å². The standard InChI is InChI=1S/C13H14Br2N4/c1-3-16-13-17-7-8(2)12(19-13)18-11-9(14)5-4-6-10(11)15/h4-7H,3H2,1-2H3,(H2,16,17,18,19). The molecule has 1 aromatic carbocycles. The number of nitrogens with one attached hydrogen (secondary N) is 2. The molecule has 0 unspecified atom stereocenters. The molecule has 0 amide bonds. The molecule has 2 rings (SSSR count). The third-order valence-electron chi connectivity index (χ3n) is 2.51. The smallest absolute Gasteiger partial charge is 0.224 e. The van der Waals surface area contributed by atoms with Crippen LogP contribution in [0.3, 0.4) is 0 Å². The highest BCUT2D eigenvalue weighted by Gasteiger charge is 2.08. The number of hydrogen-bond donors (Lipinski definition) is 2. The summed E-state index contributed by atoms with van der Waals surface area (Å²) in [7, 11) is 0. The van der Waals surface area contributed by atoms with Crippen LogP contribution in [0.4, 0.5) is 17.5 Å². The van der Waals surface area contributed by atoms with Gasteiger partial charge in [0.15, 0.2) is 0 Å². The van der Waals surface area contributed by atoms with E-state index in [1.54, 1.807) is 6.20 Å². The maximum Gasteiger partial charge on any atom is 0.224 e. The van der Waals surface area contributed by atoms with Gasteiger partial charge in [0.2, 0.25) is 5.95 Å². The first kappa shape index (κ1) is 14.3. The van der Waals surface area contributed by atoms with Crippen molar-refractivity contribution in [2.75, 3.05) is 17.2 Å². The van der Waals surface area contributed by atoms with Crippen LogP contribution < -0.4 is 10.6 Å². The molecule has 0 saturated heterocycles. The molecule has 0 saturated carbocycles. The molecule has 19 heavy (non-hydrogen) atoms. The van der Waals surface area contributed by atoms with Crippen LogP contribution in [0.2, 0.25) is 0 Å². The quantitative estimate of drug-likeness (QED) is 0.814. The van der Waals surface area contributed by atoms with E-state index in [4.69, 9.17) is 0 Å². The Hall–Kier alpha value is -1.14. The highest BCUT2D eigenvalue weighted by Crippen LogP contribution is 2.33. The van der Waals surface area contributed by atoms with E-state index < -0.39 is 0 Å². The third-order valence-corrected chi connectivity index (χ3v) is 3.83. The van der Waals surface area contributed by atoms with Gasteiger partial charge in [0.25, 0.3) is 0 Å². The van der Waals surface area contributed by atoms with E-state index in [0.29, 0.717) is 5.95 Å². The number of hydrogen-bond acceptors (Lipinski definition) is 4. The van der Waals surface area contributed by atoms with Gasteiger partial charge in [-0.15, -0.1) is 0 Å². The van der Waals surface area contributed by atoms with Crippen molar-refractivity contribution in [3.8, 4) is 0 Å². The van der Waals surface area contributed by atoms with Crippen molar-refractivity contribution >= 4 is 49.3 Å². The predicted molar refractivity (Wildman–Crippen MR) is 86.1 cm³/mol. The van der Waals surface area contributed by atoms with Gasteiger partial charge in [0.05, 0.1) is 5.69 Å². The van der Waals surface area contributed by atoms with E-state index in [0.717, 1.165) is 32.6 Å². The van der Waals surface area contributed by atoms with Crippen LogP contribution in [0.25, 0.3) is 0 Å². The Kier molecular flexibility index (Phi) is 4.76. The molecule has 1 heterocycles. The Balaban J connectivity index is 2.35. The van der Waals surface area contributed by atoms with Gasteiger partial charge in [-0.05, 0) is 57.8 Å². The summed E-state index contributed by atoms with van der Waals surface area (Å²) in [5, 5.41) is 6.43. The van der Waals surface area contributed by atoms with E-state index >= 15 is 0 Å². The number of para-hydroxylation sites is 1. The lowest BCUT2D eigenvalue weighted by Crippen LogP contribution is -2.05. The van der Waals surface area contributed by atoms with Crippen LogP contribution in [-0.4, -0.2) is 16.5 Å². The van der Waals surface area contributed by atoms with Gasteiger partial charge in [-0.2, -0.15) is 4.98 Å². The van der Waals surface area contributed by atoms with Gasteiger partial charge in [-0.1, -0.05) is 6.07 Å². The van der Waals surface area contributed by atoms with Crippen molar-refractivity contribution in [1.82, 2.24) is 9.97 Å². The molecule has 0 aliphatic rings. The zero-order valence-corrected chi connectivity index (χ0v) is 13.8. The first-order valence-electron chi connectivity index (χ1n) is 5.90. The molecule has 6 heteroatoms. The predicted octanol–water partition coefficient (Wildman–Crippen LogP) is 4.49. The minimum atomic E-state index is 0.624. The first-order chi connectivity index (χ1) is 9.11. The van der Waals surface area contributed by atoms with Crippen molar-refractivity contribution in [2.45, 2.75) is 13.8 Å². The maximum absolute atomic E-state index is 4.46. The Morgan fingerprint density at radius 3 is 2.53 bits per heavy atom. The second-order valence-electron chi connectivity index (χ2n) is 3.98. The number of anilines is 3. The summed E-state index contributed by atoms with van der Waals surface area (Å²) in [5.41, 5.74) is 1.94. The van der Waals surface area contributed by atoms with Crippen molar-refractivity contribution in [3.05, 3.63) is 38.9 Å². The lowest BCUT2D eigenvalue weighted by Gasteiger charge is -2.13. The van der Waals surface area contributed by atoms with Gasteiger partial charge in [0.1, 0.15) is 5.82 Å². The second-order valence-corrected chi connectivity index (χ2v) is 5.69. The van der Waals surface area contributed by atoms with Gasteiger partial charge in [-0.25, -0.2) is 4.98 Å². The Morgan fingerprint density at radius 1 is 1.21 bits per heavy atom. The minimum absolute atomic E-state index is 0.624. The summed E-state index contributed by atoms with van der Waals surface area (Å²) in [6.07, 6.45) is 1.80. The lowest BCUT2D eigenvalue weighted by molar-refractivity contribution is 1.07. The minimum Gasteiger partial charge on any atom is -0.354 e. The summed E-state index contributed by atoms with van der Waals surface area (Å²) in [6, 6.07) is 5.93. The SMILES string of the molecule is CCNc1ncc(C)c(Nc2c(Br)cccc2Br)n1. The number of halogens is 2. The van der Waals surface area contributed by atoms with Crippen LogP contribution in [-0.2, 0) is 0 Å². The number of aryl methyl sites for hydroxylation is 1. The van der Waals surface area contributed by atoms with Crippen molar-refractivity contribution in [1.29, 1.82) is 0 Å². The van der Waals surface area contributed by atoms with E-state index in [1.807, 2.05) is 32.0 Å². The summed E-state index contributed by atoms with van der Waals surface area (Å²) < 4.78 is 1.95. The normalized spacial score (nSPS) is 10.3. The molecule has 4 nitrogen and oxygen atoms in total. The third kappa shape index (κ3) is 3.45. The van der Waals surface area contributed by atoms with Gasteiger partial charge in [-0.3, -0.25) is 0 Å². The Labute approximate surface area is 129 Å². The average Bonchev–Trinajstić information content (AvgIpc) is 2.38. The first-order valence-corrected chi connectivity index (χ1v) is 7.49. The number of rotatable bonds is 4. The monoisotopic (exact) mass is 384 g/mol. The van der Waals surface area contributed by atoms with Crippen LogP contribution in [0, 0.1) is 6.92 Å². The second kappa shape index (κ2) is 6.34. The van der Waals surface area contributed by atoms with Crippen molar-refractivity contribution in [3.63, 3.8) is 0 Å². The molecule has 0 spiro atoms. The Bertz CT molecular complexity index is 567. The number of aromatic nitrogens is 2. The number of nitrogens with zero attached hydrogens (tertiary/aromatic N) is 2. The summed E-state index contributed by atoms with van der Waals surface area (Å²) >= 11 is 7.05. The summed E-state index contributed by atoms with van der Waals surface area (Å²) in [4.78, 5) is 8.69. The molecule has 2 N–H and O–H groups in total. The van der Waals surface area contributed by atoms with Crippen LogP contribution in [0.15, 0.2) is 33.3 Å². The van der Waals surface area contributed by atoms with Gasteiger partial charge < -0.3 is 10.6 Å². The maximum atomic E-state index is 4.46. The molecular weight excluding hydrogens is 372 g/mol. The highest BCUT2D eigenvalue weighted by atomic mass is 79.9. The summed E-state index contributed by atoms with van der Waals surface area (Å²) in [5.74, 6) is 1.41. The molecule has 0 atom stereocenters. The molecule has 1 aromatic heterocycles. The van der Waals surface area contributed by atoms with Crippen molar-refractivity contribution in [2.24, 2.45) is 0 Å². The molecule has 0 fully saturated rings. The highest BCUT2D eigenvalue weighted by molar-refractivity contribution is 9.11. The zero-order chi connectivity index (χ0) is 13.8. The molecule has 0 bridgehead atoms. The molecule has 100 valence electrons. The van der Waals surface area contributed by atoms with E-state index in [1.165, 1.54) is 0 Å². The van der Waals surface area contributed by atoms with Gasteiger partial charge in [0, 0.05) is 27.3 Å².